The van der Waals surface area contributed by atoms with E-state index in [2.05, 4.69) is 10.6 Å². The van der Waals surface area contributed by atoms with E-state index in [4.69, 9.17) is 11.6 Å². The zero-order chi connectivity index (χ0) is 15.2. The van der Waals surface area contributed by atoms with E-state index in [0.29, 0.717) is 18.2 Å². The molecule has 0 saturated heterocycles. The molecule has 2 rings (SSSR count). The average molecular weight is 312 g/mol. The van der Waals surface area contributed by atoms with Crippen LogP contribution in [0.25, 0.3) is 0 Å². The summed E-state index contributed by atoms with van der Waals surface area (Å²) in [4.78, 5) is 22.0. The Morgan fingerprint density at radius 3 is 2.71 bits per heavy atom. The monoisotopic (exact) mass is 311 g/mol. The van der Waals surface area contributed by atoms with E-state index >= 15 is 0 Å². The molecule has 1 aliphatic carbocycles. The van der Waals surface area contributed by atoms with Crippen LogP contribution in [0.2, 0.25) is 5.02 Å². The van der Waals surface area contributed by atoms with Gasteiger partial charge in [-0.2, -0.15) is 0 Å². The van der Waals surface area contributed by atoms with Gasteiger partial charge in [-0.1, -0.05) is 30.9 Å². The lowest BCUT2D eigenvalue weighted by Gasteiger charge is -2.21. The molecular formula is C14H18ClN3O3. The van der Waals surface area contributed by atoms with Gasteiger partial charge in [-0.3, -0.25) is 10.1 Å². The Hall–Kier alpha value is -1.82. The number of amides is 2. The van der Waals surface area contributed by atoms with Crippen molar-refractivity contribution in [2.75, 3.05) is 11.9 Å². The van der Waals surface area contributed by atoms with Gasteiger partial charge in [0.1, 0.15) is 5.02 Å². The fraction of sp³-hybridized carbons (Fsp3) is 0.500. The first-order valence-corrected chi connectivity index (χ1v) is 7.43. The van der Waals surface area contributed by atoms with Gasteiger partial charge in [-0.05, 0) is 30.9 Å². The summed E-state index contributed by atoms with van der Waals surface area (Å²) < 4.78 is 0. The van der Waals surface area contributed by atoms with E-state index < -0.39 is 4.92 Å². The molecule has 1 aromatic rings. The SMILES string of the molecule is O=C(NCC1CCCCC1)Nc1ccc(Cl)c([N+](=O)[O-])c1. The van der Waals surface area contributed by atoms with Crippen molar-refractivity contribution in [3.05, 3.63) is 33.3 Å². The van der Waals surface area contributed by atoms with Crippen LogP contribution in [0.1, 0.15) is 32.1 Å². The Balaban J connectivity index is 1.87. The summed E-state index contributed by atoms with van der Waals surface area (Å²) in [6.45, 7) is 0.640. The molecular weight excluding hydrogens is 294 g/mol. The first-order valence-electron chi connectivity index (χ1n) is 7.05. The Morgan fingerprint density at radius 2 is 2.05 bits per heavy atom. The molecule has 6 nitrogen and oxygen atoms in total. The standard InChI is InChI=1S/C14H18ClN3O3/c15-12-7-6-11(8-13(12)18(20)21)17-14(19)16-9-10-4-2-1-3-5-10/h6-8,10H,1-5,9H2,(H2,16,17,19). The number of benzene rings is 1. The molecule has 0 spiro atoms. The molecule has 1 fully saturated rings. The van der Waals surface area contributed by atoms with Gasteiger partial charge in [0.25, 0.3) is 5.69 Å². The highest BCUT2D eigenvalue weighted by atomic mass is 35.5. The zero-order valence-electron chi connectivity index (χ0n) is 11.6. The van der Waals surface area contributed by atoms with E-state index in [1.165, 1.54) is 37.5 Å². The molecule has 0 bridgehead atoms. The van der Waals surface area contributed by atoms with Crippen molar-refractivity contribution >= 4 is 29.0 Å². The number of hydrogen-bond acceptors (Lipinski definition) is 3. The number of nitrogens with zero attached hydrogens (tertiary/aromatic N) is 1. The van der Waals surface area contributed by atoms with Gasteiger partial charge >= 0.3 is 6.03 Å². The third-order valence-electron chi connectivity index (χ3n) is 3.68. The van der Waals surface area contributed by atoms with Crippen molar-refractivity contribution in [1.29, 1.82) is 0 Å². The lowest BCUT2D eigenvalue weighted by Crippen LogP contribution is -2.33. The third kappa shape index (κ3) is 4.60. The van der Waals surface area contributed by atoms with Crippen LogP contribution in [0, 0.1) is 16.0 Å². The largest absolute Gasteiger partial charge is 0.338 e. The second-order valence-electron chi connectivity index (χ2n) is 5.26. The van der Waals surface area contributed by atoms with Crippen LogP contribution in [-0.2, 0) is 0 Å². The Kier molecular flexibility index (Phi) is 5.38. The van der Waals surface area contributed by atoms with Crippen molar-refractivity contribution in [3.63, 3.8) is 0 Å². The highest BCUT2D eigenvalue weighted by Gasteiger charge is 2.16. The Morgan fingerprint density at radius 1 is 1.33 bits per heavy atom. The molecule has 114 valence electrons. The van der Waals surface area contributed by atoms with Crippen LogP contribution in [0.4, 0.5) is 16.2 Å². The third-order valence-corrected chi connectivity index (χ3v) is 4.00. The summed E-state index contributed by atoms with van der Waals surface area (Å²) >= 11 is 5.72. The molecule has 0 unspecified atom stereocenters. The minimum atomic E-state index is -0.576. The fourth-order valence-electron chi connectivity index (χ4n) is 2.53. The number of nitrogens with one attached hydrogen (secondary N) is 2. The topological polar surface area (TPSA) is 84.3 Å². The first-order chi connectivity index (χ1) is 10.1. The molecule has 0 radical (unpaired) electrons. The summed E-state index contributed by atoms with van der Waals surface area (Å²) in [5, 5.41) is 16.2. The Bertz CT molecular complexity index is 530. The van der Waals surface area contributed by atoms with Gasteiger partial charge in [-0.15, -0.1) is 0 Å². The maximum atomic E-state index is 11.8. The van der Waals surface area contributed by atoms with Crippen molar-refractivity contribution in [3.8, 4) is 0 Å². The quantitative estimate of drug-likeness (QED) is 0.652. The van der Waals surface area contributed by atoms with Crippen LogP contribution in [-0.4, -0.2) is 17.5 Å². The van der Waals surface area contributed by atoms with Crippen molar-refractivity contribution in [2.24, 2.45) is 5.92 Å². The fourth-order valence-corrected chi connectivity index (χ4v) is 2.72. The normalized spacial score (nSPS) is 15.5. The summed E-state index contributed by atoms with van der Waals surface area (Å²) in [5.41, 5.74) is 0.133. The molecule has 1 aromatic carbocycles. The molecule has 2 N–H and O–H groups in total. The maximum Gasteiger partial charge on any atom is 0.319 e. The number of nitro benzene ring substituents is 1. The van der Waals surface area contributed by atoms with Crippen LogP contribution in [0.15, 0.2) is 18.2 Å². The van der Waals surface area contributed by atoms with Crippen LogP contribution in [0.5, 0.6) is 0 Å². The smallest absolute Gasteiger partial charge is 0.319 e. The van der Waals surface area contributed by atoms with Gasteiger partial charge in [0.2, 0.25) is 0 Å². The van der Waals surface area contributed by atoms with Crippen LogP contribution >= 0.6 is 11.6 Å². The number of carbonyl (C=O) groups is 1. The molecule has 1 saturated carbocycles. The van der Waals surface area contributed by atoms with Gasteiger partial charge in [-0.25, -0.2) is 4.79 Å². The number of halogens is 1. The Labute approximate surface area is 128 Å². The molecule has 0 atom stereocenters. The van der Waals surface area contributed by atoms with E-state index in [9.17, 15) is 14.9 Å². The van der Waals surface area contributed by atoms with Gasteiger partial charge in [0.05, 0.1) is 4.92 Å². The lowest BCUT2D eigenvalue weighted by molar-refractivity contribution is -0.384. The summed E-state index contributed by atoms with van der Waals surface area (Å²) in [7, 11) is 0. The maximum absolute atomic E-state index is 11.8. The summed E-state index contributed by atoms with van der Waals surface area (Å²) in [6, 6.07) is 3.84. The first kappa shape index (κ1) is 15.6. The number of urea groups is 1. The highest BCUT2D eigenvalue weighted by Crippen LogP contribution is 2.27. The predicted molar refractivity (Wildman–Crippen MR) is 81.7 cm³/mol. The minimum Gasteiger partial charge on any atom is -0.338 e. The van der Waals surface area contributed by atoms with E-state index in [-0.39, 0.29) is 16.7 Å². The minimum absolute atomic E-state index is 0.0492. The molecule has 1 aliphatic rings. The van der Waals surface area contributed by atoms with E-state index in [1.54, 1.807) is 0 Å². The summed E-state index contributed by atoms with van der Waals surface area (Å²) in [5.74, 6) is 0.532. The zero-order valence-corrected chi connectivity index (χ0v) is 12.4. The molecule has 21 heavy (non-hydrogen) atoms. The van der Waals surface area contributed by atoms with Gasteiger partial charge < -0.3 is 10.6 Å². The van der Waals surface area contributed by atoms with Crippen LogP contribution in [0.3, 0.4) is 0 Å². The van der Waals surface area contributed by atoms with E-state index in [1.807, 2.05) is 0 Å². The molecule has 0 heterocycles. The lowest BCUT2D eigenvalue weighted by atomic mass is 9.89. The van der Waals surface area contributed by atoms with Crippen LogP contribution < -0.4 is 10.6 Å². The number of carbonyl (C=O) groups excluding carboxylic acids is 1. The van der Waals surface area contributed by atoms with Gasteiger partial charge in [0.15, 0.2) is 0 Å². The summed E-state index contributed by atoms with van der Waals surface area (Å²) in [6.07, 6.45) is 6.01. The van der Waals surface area contributed by atoms with Gasteiger partial charge in [0, 0.05) is 18.3 Å². The molecule has 0 aromatic heterocycles. The van der Waals surface area contributed by atoms with Crippen molar-refractivity contribution in [1.82, 2.24) is 5.32 Å². The second-order valence-corrected chi connectivity index (χ2v) is 5.67. The van der Waals surface area contributed by atoms with Crippen molar-refractivity contribution in [2.45, 2.75) is 32.1 Å². The predicted octanol–water partition coefficient (Wildman–Crippen LogP) is 3.95. The highest BCUT2D eigenvalue weighted by molar-refractivity contribution is 6.32. The number of nitro groups is 1. The molecule has 7 heteroatoms. The van der Waals surface area contributed by atoms with E-state index in [0.717, 1.165) is 12.8 Å². The average Bonchev–Trinajstić information content (AvgIpc) is 2.48. The van der Waals surface area contributed by atoms with Crippen molar-refractivity contribution < 1.29 is 9.72 Å². The number of anilines is 1. The number of hydrogen-bond donors (Lipinski definition) is 2. The molecule has 0 aliphatic heterocycles. The molecule has 2 amide bonds. The second kappa shape index (κ2) is 7.26. The number of rotatable bonds is 4.